The first-order valence-corrected chi connectivity index (χ1v) is 22.0. The van der Waals surface area contributed by atoms with E-state index in [1.165, 1.54) is 52.5 Å². The van der Waals surface area contributed by atoms with E-state index in [1.54, 1.807) is 0 Å². The van der Waals surface area contributed by atoms with Crippen LogP contribution in [0.15, 0.2) is 199 Å². The van der Waals surface area contributed by atoms with Crippen molar-refractivity contribution in [1.82, 2.24) is 19.5 Å². The molecule has 6 heteroatoms. The second kappa shape index (κ2) is 13.2. The highest BCUT2D eigenvalue weighted by atomic mass is 32.1. The quantitative estimate of drug-likeness (QED) is 0.177. The van der Waals surface area contributed by atoms with Crippen LogP contribution in [0.2, 0.25) is 0 Å². The average Bonchev–Trinajstić information content (AvgIpc) is 4.02. The number of furan rings is 1. The SMILES string of the molecule is c1ccc(-c2nc(-c3ccc4c(ccc5oc6cccc(-n7c8cc9ccccc9cc8c8c9ccccc9ccc87)c6c54)c3)nc(-c3ccc4sc5ccccc5c4c3)n2)cc1. The Labute approximate surface area is 363 Å². The standard InChI is InChI=1S/C57H32N4OS/c1-2-12-34(13-3-1)55-58-56(60-57(59-55)39-24-28-51-43(31-39)42-17-8-9-20-50(42)63-51)38-21-25-41-37(29-38)23-27-49-53(41)54-45(18-10-19-48(54)62-49)61-46-26-22-33-11-6-7-16-40(33)52(46)44-30-35-14-4-5-15-36(35)32-47(44)61/h1-32H. The van der Waals surface area contributed by atoms with Crippen LogP contribution < -0.4 is 0 Å². The molecule has 0 radical (unpaired) electrons. The number of rotatable bonds is 4. The molecule has 0 aliphatic carbocycles. The molecule has 4 heterocycles. The molecule has 0 aliphatic heterocycles. The molecule has 0 aliphatic rings. The molecule has 5 nitrogen and oxygen atoms in total. The van der Waals surface area contributed by atoms with E-state index < -0.39 is 0 Å². The summed E-state index contributed by atoms with van der Waals surface area (Å²) in [6, 6.07) is 69.1. The Bertz CT molecular complexity index is 4220. The van der Waals surface area contributed by atoms with Gasteiger partial charge in [0.1, 0.15) is 11.2 Å². The minimum absolute atomic E-state index is 0.624. The van der Waals surface area contributed by atoms with Crippen molar-refractivity contribution in [1.29, 1.82) is 0 Å². The lowest BCUT2D eigenvalue weighted by Crippen LogP contribution is -2.00. The van der Waals surface area contributed by atoms with Crippen molar-refractivity contribution in [3.63, 3.8) is 0 Å². The van der Waals surface area contributed by atoms with Gasteiger partial charge >= 0.3 is 0 Å². The predicted molar refractivity (Wildman–Crippen MR) is 263 cm³/mol. The molecular weight excluding hydrogens is 789 g/mol. The molecule has 14 rings (SSSR count). The Balaban J connectivity index is 0.987. The van der Waals surface area contributed by atoms with Crippen molar-refractivity contribution in [2.24, 2.45) is 0 Å². The topological polar surface area (TPSA) is 56.7 Å². The summed E-state index contributed by atoms with van der Waals surface area (Å²) < 4.78 is 11.7. The van der Waals surface area contributed by atoms with Gasteiger partial charge in [-0.1, -0.05) is 127 Å². The van der Waals surface area contributed by atoms with Crippen LogP contribution in [-0.4, -0.2) is 19.5 Å². The van der Waals surface area contributed by atoms with Crippen LogP contribution in [0.1, 0.15) is 0 Å². The van der Waals surface area contributed by atoms with Gasteiger partial charge in [-0.15, -0.1) is 11.3 Å². The summed E-state index contributed by atoms with van der Waals surface area (Å²) in [5.74, 6) is 1.90. The first-order chi connectivity index (χ1) is 31.2. The molecule has 0 spiro atoms. The first-order valence-electron chi connectivity index (χ1n) is 21.2. The average molecular weight is 821 g/mol. The van der Waals surface area contributed by atoms with Crippen LogP contribution >= 0.6 is 11.3 Å². The number of hydrogen-bond acceptors (Lipinski definition) is 5. The van der Waals surface area contributed by atoms with Gasteiger partial charge in [0, 0.05) is 53.0 Å². The van der Waals surface area contributed by atoms with E-state index in [-0.39, 0.29) is 0 Å². The summed E-state index contributed by atoms with van der Waals surface area (Å²) in [6.45, 7) is 0. The fraction of sp³-hybridized carbons (Fsp3) is 0. The third kappa shape index (κ3) is 5.19. The molecule has 292 valence electrons. The Morgan fingerprint density at radius 3 is 1.86 bits per heavy atom. The zero-order valence-corrected chi connectivity index (χ0v) is 34.4. The Morgan fingerprint density at radius 1 is 0.349 bits per heavy atom. The monoisotopic (exact) mass is 820 g/mol. The minimum atomic E-state index is 0.624. The van der Waals surface area contributed by atoms with Crippen molar-refractivity contribution in [2.75, 3.05) is 0 Å². The zero-order chi connectivity index (χ0) is 41.2. The van der Waals surface area contributed by atoms with Gasteiger partial charge in [-0.25, -0.2) is 15.0 Å². The van der Waals surface area contributed by atoms with Crippen molar-refractivity contribution in [2.45, 2.75) is 0 Å². The van der Waals surface area contributed by atoms with Gasteiger partial charge in [-0.05, 0) is 99.0 Å². The number of nitrogens with zero attached hydrogens (tertiary/aromatic N) is 4. The maximum atomic E-state index is 6.71. The van der Waals surface area contributed by atoms with Crippen LogP contribution in [0.25, 0.3) is 136 Å². The molecule has 10 aromatic carbocycles. The number of aromatic nitrogens is 4. The molecule has 14 aromatic rings. The second-order valence-corrected chi connectivity index (χ2v) is 17.4. The second-order valence-electron chi connectivity index (χ2n) is 16.3. The number of fused-ring (bicyclic) bond motifs is 14. The highest BCUT2D eigenvalue weighted by molar-refractivity contribution is 7.25. The molecule has 63 heavy (non-hydrogen) atoms. The van der Waals surface area contributed by atoms with Gasteiger partial charge in [-0.2, -0.15) is 0 Å². The Morgan fingerprint density at radius 2 is 1.00 bits per heavy atom. The molecule has 0 saturated carbocycles. The maximum absolute atomic E-state index is 6.71. The van der Waals surface area contributed by atoms with E-state index in [2.05, 4.69) is 180 Å². The smallest absolute Gasteiger partial charge is 0.164 e. The number of hydrogen-bond donors (Lipinski definition) is 0. The van der Waals surface area contributed by atoms with Crippen LogP contribution in [0.4, 0.5) is 0 Å². The van der Waals surface area contributed by atoms with Gasteiger partial charge in [0.2, 0.25) is 0 Å². The van der Waals surface area contributed by atoms with E-state index in [0.29, 0.717) is 17.5 Å². The molecule has 0 amide bonds. The summed E-state index contributed by atoms with van der Waals surface area (Å²) in [5.41, 5.74) is 7.91. The van der Waals surface area contributed by atoms with Gasteiger partial charge in [-0.3, -0.25) is 0 Å². The van der Waals surface area contributed by atoms with Gasteiger partial charge in [0.15, 0.2) is 17.5 Å². The van der Waals surface area contributed by atoms with E-state index in [9.17, 15) is 0 Å². The molecule has 0 atom stereocenters. The van der Waals surface area contributed by atoms with Crippen molar-refractivity contribution in [3.05, 3.63) is 194 Å². The summed E-state index contributed by atoms with van der Waals surface area (Å²) in [5, 5.41) is 14.2. The lowest BCUT2D eigenvalue weighted by Gasteiger charge is -2.11. The highest BCUT2D eigenvalue weighted by Crippen LogP contribution is 2.44. The summed E-state index contributed by atoms with van der Waals surface area (Å²) in [7, 11) is 0. The van der Waals surface area contributed by atoms with Crippen LogP contribution in [0.5, 0.6) is 0 Å². The predicted octanol–water partition coefficient (Wildman–Crippen LogP) is 15.7. The molecule has 0 fully saturated rings. The summed E-state index contributed by atoms with van der Waals surface area (Å²) in [6.07, 6.45) is 0. The lowest BCUT2D eigenvalue weighted by atomic mass is 10.0. The van der Waals surface area contributed by atoms with E-state index in [0.717, 1.165) is 66.1 Å². The van der Waals surface area contributed by atoms with Crippen LogP contribution in [0, 0.1) is 0 Å². The van der Waals surface area contributed by atoms with Gasteiger partial charge in [0.25, 0.3) is 0 Å². The Kier molecular flexibility index (Phi) is 7.21. The van der Waals surface area contributed by atoms with Crippen molar-refractivity contribution in [3.8, 4) is 39.9 Å². The van der Waals surface area contributed by atoms with Gasteiger partial charge in [0.05, 0.1) is 22.1 Å². The number of thiophene rings is 1. The normalized spacial score (nSPS) is 12.1. The first kappa shape index (κ1) is 34.5. The van der Waals surface area contributed by atoms with E-state index >= 15 is 0 Å². The molecule has 0 N–H and O–H groups in total. The van der Waals surface area contributed by atoms with Crippen molar-refractivity contribution >= 4 is 108 Å². The zero-order valence-electron chi connectivity index (χ0n) is 33.6. The molecular formula is C57H32N4OS. The summed E-state index contributed by atoms with van der Waals surface area (Å²) >= 11 is 1.81. The van der Waals surface area contributed by atoms with E-state index in [4.69, 9.17) is 19.4 Å². The molecule has 0 saturated heterocycles. The fourth-order valence-corrected chi connectivity index (χ4v) is 11.0. The number of benzene rings is 10. The third-order valence-electron chi connectivity index (χ3n) is 12.8. The maximum Gasteiger partial charge on any atom is 0.164 e. The Hall–Kier alpha value is -8.19. The van der Waals surface area contributed by atoms with Crippen LogP contribution in [-0.2, 0) is 0 Å². The molecule has 4 aromatic heterocycles. The van der Waals surface area contributed by atoms with Gasteiger partial charge < -0.3 is 8.98 Å². The lowest BCUT2D eigenvalue weighted by molar-refractivity contribution is 0.669. The summed E-state index contributed by atoms with van der Waals surface area (Å²) in [4.78, 5) is 15.4. The fourth-order valence-electron chi connectivity index (χ4n) is 9.90. The van der Waals surface area contributed by atoms with Crippen LogP contribution in [0.3, 0.4) is 0 Å². The largest absolute Gasteiger partial charge is 0.456 e. The molecule has 0 bridgehead atoms. The minimum Gasteiger partial charge on any atom is -0.456 e. The molecule has 0 unspecified atom stereocenters. The van der Waals surface area contributed by atoms with E-state index in [1.807, 2.05) is 29.5 Å². The third-order valence-corrected chi connectivity index (χ3v) is 13.9. The van der Waals surface area contributed by atoms with Crippen molar-refractivity contribution < 1.29 is 4.42 Å². The highest BCUT2D eigenvalue weighted by Gasteiger charge is 2.22.